The molecule has 3 aromatic heterocycles. The van der Waals surface area contributed by atoms with Gasteiger partial charge in [-0.05, 0) is 50.6 Å². The van der Waals surface area contributed by atoms with Crippen LogP contribution in [0.4, 0.5) is 5.82 Å². The van der Waals surface area contributed by atoms with Crippen molar-refractivity contribution >= 4 is 29.0 Å². The third-order valence-corrected chi connectivity index (χ3v) is 6.43. The van der Waals surface area contributed by atoms with E-state index in [1.807, 2.05) is 23.6 Å². The Balaban J connectivity index is 1.35. The molecule has 33 heavy (non-hydrogen) atoms. The summed E-state index contributed by atoms with van der Waals surface area (Å²) >= 11 is 6.10. The van der Waals surface area contributed by atoms with Gasteiger partial charge in [0.15, 0.2) is 5.65 Å². The summed E-state index contributed by atoms with van der Waals surface area (Å²) in [5.41, 5.74) is 2.74. The molecular formula is C23H24ClN7O2. The molecular weight excluding hydrogens is 442 g/mol. The lowest BCUT2D eigenvalue weighted by atomic mass is 10.2. The SMILES string of the molecule is Cc1c(C(=O)N[C@H]2CCN(c3ccc4ncc(C)n4n3)C2)c(=O)n(-c2cccc(Cl)c2)n1C. The molecule has 170 valence electrons. The van der Waals surface area contributed by atoms with Gasteiger partial charge in [-0.2, -0.15) is 0 Å². The van der Waals surface area contributed by atoms with Crippen LogP contribution in [0, 0.1) is 13.8 Å². The van der Waals surface area contributed by atoms with Crippen molar-refractivity contribution in [1.82, 2.24) is 29.3 Å². The predicted octanol–water partition coefficient (Wildman–Crippen LogP) is 2.50. The Morgan fingerprint density at radius 2 is 2.03 bits per heavy atom. The Bertz CT molecular complexity index is 1430. The van der Waals surface area contributed by atoms with Gasteiger partial charge in [0.25, 0.3) is 11.5 Å². The lowest BCUT2D eigenvalue weighted by molar-refractivity contribution is 0.0938. The Kier molecular flexibility index (Phi) is 5.20. The van der Waals surface area contributed by atoms with Crippen LogP contribution in [-0.4, -0.2) is 49.0 Å². The maximum Gasteiger partial charge on any atom is 0.284 e. The first-order valence-electron chi connectivity index (χ1n) is 10.7. The van der Waals surface area contributed by atoms with Gasteiger partial charge in [0.2, 0.25) is 0 Å². The van der Waals surface area contributed by atoms with Gasteiger partial charge in [0.05, 0.1) is 23.3 Å². The molecule has 10 heteroatoms. The summed E-state index contributed by atoms with van der Waals surface area (Å²) in [6.45, 7) is 5.11. The van der Waals surface area contributed by atoms with Crippen LogP contribution in [0.5, 0.6) is 0 Å². The van der Waals surface area contributed by atoms with E-state index in [1.54, 1.807) is 49.1 Å². The average Bonchev–Trinajstić information content (AvgIpc) is 3.45. The maximum atomic E-state index is 13.2. The molecule has 1 fully saturated rings. The number of fused-ring (bicyclic) bond motifs is 1. The molecule has 0 saturated carbocycles. The number of hydrogen-bond acceptors (Lipinski definition) is 5. The topological polar surface area (TPSA) is 89.5 Å². The first kappa shape index (κ1) is 21.3. The monoisotopic (exact) mass is 465 g/mol. The van der Waals surface area contributed by atoms with Gasteiger partial charge >= 0.3 is 0 Å². The van der Waals surface area contributed by atoms with Crippen LogP contribution in [0.2, 0.25) is 5.02 Å². The van der Waals surface area contributed by atoms with Gasteiger partial charge in [-0.1, -0.05) is 17.7 Å². The quantitative estimate of drug-likeness (QED) is 0.500. The van der Waals surface area contributed by atoms with E-state index in [1.165, 1.54) is 4.68 Å². The largest absolute Gasteiger partial charge is 0.353 e. The molecule has 4 aromatic rings. The molecule has 1 N–H and O–H groups in total. The average molecular weight is 466 g/mol. The highest BCUT2D eigenvalue weighted by atomic mass is 35.5. The fourth-order valence-corrected chi connectivity index (χ4v) is 4.54. The van der Waals surface area contributed by atoms with Crippen LogP contribution in [-0.2, 0) is 7.05 Å². The van der Waals surface area contributed by atoms with Crippen LogP contribution in [0.25, 0.3) is 11.3 Å². The molecule has 1 atom stereocenters. The van der Waals surface area contributed by atoms with Gasteiger partial charge in [0.1, 0.15) is 11.4 Å². The molecule has 0 unspecified atom stereocenters. The molecule has 9 nitrogen and oxygen atoms in total. The van der Waals surface area contributed by atoms with Crippen molar-refractivity contribution in [2.45, 2.75) is 26.3 Å². The molecule has 1 aromatic carbocycles. The minimum absolute atomic E-state index is 0.0856. The van der Waals surface area contributed by atoms with Crippen LogP contribution in [0.1, 0.15) is 28.2 Å². The zero-order valence-corrected chi connectivity index (χ0v) is 19.4. The molecule has 1 amide bonds. The summed E-state index contributed by atoms with van der Waals surface area (Å²) in [6, 6.07) is 10.8. The van der Waals surface area contributed by atoms with Gasteiger partial charge in [-0.25, -0.2) is 14.2 Å². The van der Waals surface area contributed by atoms with Crippen molar-refractivity contribution in [1.29, 1.82) is 0 Å². The summed E-state index contributed by atoms with van der Waals surface area (Å²) in [7, 11) is 1.76. The van der Waals surface area contributed by atoms with Gasteiger partial charge in [-0.15, -0.1) is 5.10 Å². The molecule has 0 aliphatic carbocycles. The zero-order chi connectivity index (χ0) is 23.3. The van der Waals surface area contributed by atoms with Crippen molar-refractivity contribution < 1.29 is 4.79 Å². The van der Waals surface area contributed by atoms with Crippen molar-refractivity contribution in [3.63, 3.8) is 0 Å². The predicted molar refractivity (Wildman–Crippen MR) is 127 cm³/mol. The van der Waals surface area contributed by atoms with Crippen molar-refractivity contribution in [2.24, 2.45) is 7.05 Å². The number of carbonyl (C=O) groups excluding carboxylic acids is 1. The van der Waals surface area contributed by atoms with E-state index >= 15 is 0 Å². The van der Waals surface area contributed by atoms with Crippen molar-refractivity contribution in [3.8, 4) is 5.69 Å². The number of carbonyl (C=O) groups is 1. The zero-order valence-electron chi connectivity index (χ0n) is 18.6. The van der Waals surface area contributed by atoms with E-state index in [9.17, 15) is 9.59 Å². The van der Waals surface area contributed by atoms with Gasteiger partial charge < -0.3 is 10.2 Å². The molecule has 0 radical (unpaired) electrons. The van der Waals surface area contributed by atoms with Crippen molar-refractivity contribution in [3.05, 3.63) is 74.9 Å². The Hall–Kier alpha value is -3.59. The van der Waals surface area contributed by atoms with E-state index in [0.29, 0.717) is 22.9 Å². The molecule has 1 saturated heterocycles. The second-order valence-corrected chi connectivity index (χ2v) is 8.78. The normalized spacial score (nSPS) is 16.0. The van der Waals surface area contributed by atoms with Crippen LogP contribution in [0.3, 0.4) is 0 Å². The first-order valence-corrected chi connectivity index (χ1v) is 11.1. The number of rotatable bonds is 4. The van der Waals surface area contributed by atoms with E-state index in [4.69, 9.17) is 11.6 Å². The third-order valence-electron chi connectivity index (χ3n) is 6.20. The fraction of sp³-hybridized carbons (Fsp3) is 0.304. The highest BCUT2D eigenvalue weighted by Gasteiger charge is 2.29. The summed E-state index contributed by atoms with van der Waals surface area (Å²) in [5.74, 6) is 0.467. The minimum atomic E-state index is -0.368. The standard InChI is InChI=1S/C23H24ClN7O2/c1-14-12-25-19-7-8-20(27-30(14)19)29-10-9-17(13-29)26-22(32)21-15(2)28(3)31(23(21)33)18-6-4-5-16(24)11-18/h4-8,11-12,17H,9-10,13H2,1-3H3,(H,26,32)/t17-/m0/s1. The van der Waals surface area contributed by atoms with Crippen molar-refractivity contribution in [2.75, 3.05) is 18.0 Å². The second kappa shape index (κ2) is 8.08. The molecule has 0 spiro atoms. The number of nitrogens with zero attached hydrogens (tertiary/aromatic N) is 6. The number of anilines is 1. The van der Waals surface area contributed by atoms with Gasteiger partial charge in [-0.3, -0.25) is 14.3 Å². The maximum absolute atomic E-state index is 13.2. The third kappa shape index (κ3) is 3.68. The van der Waals surface area contributed by atoms with E-state index in [-0.39, 0.29) is 23.1 Å². The van der Waals surface area contributed by atoms with Crippen LogP contribution < -0.4 is 15.8 Å². The van der Waals surface area contributed by atoms with E-state index in [0.717, 1.165) is 30.1 Å². The second-order valence-electron chi connectivity index (χ2n) is 8.35. The Morgan fingerprint density at radius 3 is 2.82 bits per heavy atom. The van der Waals surface area contributed by atoms with E-state index in [2.05, 4.69) is 20.3 Å². The van der Waals surface area contributed by atoms with Crippen LogP contribution in [0.15, 0.2) is 47.4 Å². The minimum Gasteiger partial charge on any atom is -0.353 e. The summed E-state index contributed by atoms with van der Waals surface area (Å²) < 4.78 is 4.95. The lowest BCUT2D eigenvalue weighted by Gasteiger charge is -2.18. The van der Waals surface area contributed by atoms with E-state index < -0.39 is 0 Å². The highest BCUT2D eigenvalue weighted by Crippen LogP contribution is 2.20. The summed E-state index contributed by atoms with van der Waals surface area (Å²) in [5, 5.41) is 8.24. The fourth-order valence-electron chi connectivity index (χ4n) is 4.36. The Morgan fingerprint density at radius 1 is 1.21 bits per heavy atom. The summed E-state index contributed by atoms with van der Waals surface area (Å²) in [6.07, 6.45) is 2.56. The molecule has 5 rings (SSSR count). The highest BCUT2D eigenvalue weighted by molar-refractivity contribution is 6.30. The molecule has 1 aliphatic heterocycles. The molecule has 0 bridgehead atoms. The smallest absolute Gasteiger partial charge is 0.284 e. The molecule has 4 heterocycles. The van der Waals surface area contributed by atoms with Crippen LogP contribution >= 0.6 is 11.6 Å². The lowest BCUT2D eigenvalue weighted by Crippen LogP contribution is -2.39. The number of amides is 1. The number of hydrogen-bond donors (Lipinski definition) is 1. The Labute approximate surface area is 195 Å². The first-order chi connectivity index (χ1) is 15.8. The molecule has 1 aliphatic rings. The van der Waals surface area contributed by atoms with Gasteiger partial charge in [0, 0.05) is 31.2 Å². The number of halogens is 1. The number of aryl methyl sites for hydroxylation is 1. The number of aromatic nitrogens is 5. The number of imidazole rings is 1. The number of nitrogens with one attached hydrogen (secondary N) is 1. The number of benzene rings is 1. The summed E-state index contributed by atoms with van der Waals surface area (Å²) in [4.78, 5) is 32.7.